The summed E-state index contributed by atoms with van der Waals surface area (Å²) in [6.07, 6.45) is 0.952. The highest BCUT2D eigenvalue weighted by Crippen LogP contribution is 2.36. The summed E-state index contributed by atoms with van der Waals surface area (Å²) in [5.74, 6) is -0.247. The van der Waals surface area contributed by atoms with Gasteiger partial charge in [0.2, 0.25) is 5.91 Å². The van der Waals surface area contributed by atoms with E-state index in [1.807, 2.05) is 0 Å². The Bertz CT molecular complexity index is 530. The van der Waals surface area contributed by atoms with Gasteiger partial charge < -0.3 is 19.5 Å². The lowest BCUT2D eigenvalue weighted by Gasteiger charge is -2.14. The molecular weight excluding hydrogens is 342 g/mol. The molecule has 0 heterocycles. The van der Waals surface area contributed by atoms with Crippen molar-refractivity contribution in [1.29, 1.82) is 0 Å². The molecule has 1 rings (SSSR count). The zero-order chi connectivity index (χ0) is 16.0. The van der Waals surface area contributed by atoms with Gasteiger partial charge in [0.1, 0.15) is 0 Å². The number of rotatable bonds is 7. The van der Waals surface area contributed by atoms with Crippen molar-refractivity contribution in [1.82, 2.24) is 4.90 Å². The maximum atomic E-state index is 11.4. The molecule has 0 fully saturated rings. The fourth-order valence-corrected chi connectivity index (χ4v) is 2.16. The van der Waals surface area contributed by atoms with Gasteiger partial charge in [0.25, 0.3) is 0 Å². The number of aromatic carboxylic acids is 1. The molecule has 0 spiro atoms. The van der Waals surface area contributed by atoms with Crippen molar-refractivity contribution in [2.24, 2.45) is 0 Å². The SMILES string of the molecule is COc1cc(C(=O)O)cc(Br)c1OCCCC(=O)N(C)C. The van der Waals surface area contributed by atoms with E-state index in [4.69, 9.17) is 14.6 Å². The number of ether oxygens (including phenoxy) is 2. The van der Waals surface area contributed by atoms with Crippen LogP contribution >= 0.6 is 15.9 Å². The summed E-state index contributed by atoms with van der Waals surface area (Å²) >= 11 is 3.27. The molecule has 1 aromatic carbocycles. The number of carbonyl (C=O) groups is 2. The predicted molar refractivity (Wildman–Crippen MR) is 81.1 cm³/mol. The van der Waals surface area contributed by atoms with Gasteiger partial charge in [-0.2, -0.15) is 0 Å². The molecule has 0 atom stereocenters. The van der Waals surface area contributed by atoms with Gasteiger partial charge >= 0.3 is 5.97 Å². The van der Waals surface area contributed by atoms with Crippen LogP contribution in [0.2, 0.25) is 0 Å². The van der Waals surface area contributed by atoms with E-state index in [0.29, 0.717) is 35.4 Å². The van der Waals surface area contributed by atoms with Gasteiger partial charge in [-0.25, -0.2) is 4.79 Å². The van der Waals surface area contributed by atoms with Crippen LogP contribution in [0.4, 0.5) is 0 Å². The molecule has 0 saturated heterocycles. The standard InChI is InChI=1S/C14H18BrNO5/c1-16(2)12(17)5-4-6-21-13-10(15)7-9(14(18)19)8-11(13)20-3/h7-8H,4-6H2,1-3H3,(H,18,19). The van der Waals surface area contributed by atoms with Crippen molar-refractivity contribution in [3.8, 4) is 11.5 Å². The summed E-state index contributed by atoms with van der Waals surface area (Å²) in [6, 6.07) is 2.85. The van der Waals surface area contributed by atoms with Gasteiger partial charge in [-0.1, -0.05) is 0 Å². The third-order valence-electron chi connectivity index (χ3n) is 2.76. The van der Waals surface area contributed by atoms with E-state index in [1.54, 1.807) is 14.1 Å². The molecule has 0 bridgehead atoms. The third kappa shape index (κ3) is 4.93. The van der Waals surface area contributed by atoms with Crippen LogP contribution in [-0.2, 0) is 4.79 Å². The number of carbonyl (C=O) groups excluding carboxylic acids is 1. The number of methoxy groups -OCH3 is 1. The number of amides is 1. The Kier molecular flexibility index (Phi) is 6.48. The number of hydrogen-bond donors (Lipinski definition) is 1. The Balaban J connectivity index is 2.71. The van der Waals surface area contributed by atoms with E-state index in [0.717, 1.165) is 0 Å². The minimum absolute atomic E-state index is 0.0332. The Labute approximate surface area is 131 Å². The molecule has 6 nitrogen and oxygen atoms in total. The summed E-state index contributed by atoms with van der Waals surface area (Å²) in [5.41, 5.74) is 0.105. The van der Waals surface area contributed by atoms with Crippen LogP contribution in [0.15, 0.2) is 16.6 Å². The van der Waals surface area contributed by atoms with E-state index >= 15 is 0 Å². The average molecular weight is 360 g/mol. The Morgan fingerprint density at radius 1 is 1.33 bits per heavy atom. The lowest BCUT2D eigenvalue weighted by atomic mass is 10.2. The van der Waals surface area contributed by atoms with Gasteiger partial charge in [-0.3, -0.25) is 4.79 Å². The number of benzene rings is 1. The first kappa shape index (κ1) is 17.3. The van der Waals surface area contributed by atoms with Gasteiger partial charge in [0, 0.05) is 20.5 Å². The van der Waals surface area contributed by atoms with Crippen molar-refractivity contribution in [3.63, 3.8) is 0 Å². The van der Waals surface area contributed by atoms with E-state index in [-0.39, 0.29) is 11.5 Å². The van der Waals surface area contributed by atoms with E-state index in [9.17, 15) is 9.59 Å². The summed E-state index contributed by atoms with van der Waals surface area (Å²) < 4.78 is 11.2. The van der Waals surface area contributed by atoms with Crippen LogP contribution in [0.3, 0.4) is 0 Å². The van der Waals surface area contributed by atoms with E-state index < -0.39 is 5.97 Å². The Hall–Kier alpha value is -1.76. The molecule has 21 heavy (non-hydrogen) atoms. The molecule has 0 aliphatic heterocycles. The molecule has 1 aromatic rings. The summed E-state index contributed by atoms with van der Waals surface area (Å²) in [7, 11) is 4.84. The van der Waals surface area contributed by atoms with Crippen molar-refractivity contribution in [2.75, 3.05) is 27.8 Å². The first-order valence-electron chi connectivity index (χ1n) is 6.30. The fourth-order valence-electron chi connectivity index (χ4n) is 1.60. The summed E-state index contributed by atoms with van der Waals surface area (Å²) in [5, 5.41) is 8.99. The molecule has 0 aliphatic carbocycles. The van der Waals surface area contributed by atoms with Crippen LogP contribution in [0.5, 0.6) is 11.5 Å². The van der Waals surface area contributed by atoms with Crippen molar-refractivity contribution < 1.29 is 24.2 Å². The smallest absolute Gasteiger partial charge is 0.335 e. The monoisotopic (exact) mass is 359 g/mol. The second-order valence-electron chi connectivity index (χ2n) is 4.53. The molecule has 7 heteroatoms. The molecule has 0 aliphatic rings. The molecule has 0 aromatic heterocycles. The molecule has 0 radical (unpaired) electrons. The second-order valence-corrected chi connectivity index (χ2v) is 5.39. The van der Waals surface area contributed by atoms with Crippen LogP contribution in [0.1, 0.15) is 23.2 Å². The Morgan fingerprint density at radius 3 is 2.52 bits per heavy atom. The highest BCUT2D eigenvalue weighted by atomic mass is 79.9. The van der Waals surface area contributed by atoms with Crippen LogP contribution in [0, 0.1) is 0 Å². The van der Waals surface area contributed by atoms with E-state index in [1.165, 1.54) is 24.1 Å². The highest BCUT2D eigenvalue weighted by Gasteiger charge is 2.15. The first-order chi connectivity index (χ1) is 9.86. The number of halogens is 1. The molecule has 0 unspecified atom stereocenters. The molecule has 0 saturated carbocycles. The summed E-state index contributed by atoms with van der Waals surface area (Å²) in [6.45, 7) is 0.334. The number of hydrogen-bond acceptors (Lipinski definition) is 4. The summed E-state index contributed by atoms with van der Waals surface area (Å²) in [4.78, 5) is 23.9. The molecular formula is C14H18BrNO5. The number of carboxylic acids is 1. The predicted octanol–water partition coefficient (Wildman–Crippen LogP) is 2.40. The minimum atomic E-state index is -1.04. The van der Waals surface area contributed by atoms with Crippen LogP contribution < -0.4 is 9.47 Å². The van der Waals surface area contributed by atoms with Gasteiger partial charge in [0.15, 0.2) is 11.5 Å². The first-order valence-corrected chi connectivity index (χ1v) is 7.10. The lowest BCUT2D eigenvalue weighted by Crippen LogP contribution is -2.21. The molecule has 1 amide bonds. The Morgan fingerprint density at radius 2 is 2.00 bits per heavy atom. The largest absolute Gasteiger partial charge is 0.493 e. The quantitative estimate of drug-likeness (QED) is 0.756. The molecule has 1 N–H and O–H groups in total. The maximum absolute atomic E-state index is 11.4. The van der Waals surface area contributed by atoms with Gasteiger partial charge in [0.05, 0.1) is 23.8 Å². The second kappa shape index (κ2) is 7.87. The zero-order valence-corrected chi connectivity index (χ0v) is 13.8. The highest BCUT2D eigenvalue weighted by molar-refractivity contribution is 9.10. The number of carboxylic acid groups (broad SMARTS) is 1. The number of nitrogens with zero attached hydrogens (tertiary/aromatic N) is 1. The topological polar surface area (TPSA) is 76.1 Å². The third-order valence-corrected chi connectivity index (χ3v) is 3.35. The van der Waals surface area contributed by atoms with Gasteiger partial charge in [-0.05, 0) is 34.5 Å². The lowest BCUT2D eigenvalue weighted by molar-refractivity contribution is -0.128. The van der Waals surface area contributed by atoms with Crippen LogP contribution in [0.25, 0.3) is 0 Å². The van der Waals surface area contributed by atoms with Crippen molar-refractivity contribution in [2.45, 2.75) is 12.8 Å². The van der Waals surface area contributed by atoms with Crippen LogP contribution in [-0.4, -0.2) is 49.7 Å². The molecule has 116 valence electrons. The minimum Gasteiger partial charge on any atom is -0.493 e. The zero-order valence-electron chi connectivity index (χ0n) is 12.2. The fraction of sp³-hybridized carbons (Fsp3) is 0.429. The van der Waals surface area contributed by atoms with Crippen molar-refractivity contribution >= 4 is 27.8 Å². The van der Waals surface area contributed by atoms with Crippen molar-refractivity contribution in [3.05, 3.63) is 22.2 Å². The maximum Gasteiger partial charge on any atom is 0.335 e. The normalized spacial score (nSPS) is 10.1. The van der Waals surface area contributed by atoms with E-state index in [2.05, 4.69) is 15.9 Å². The van der Waals surface area contributed by atoms with Gasteiger partial charge in [-0.15, -0.1) is 0 Å². The average Bonchev–Trinajstić information content (AvgIpc) is 2.43.